The number of halogens is 1. The first-order chi connectivity index (χ1) is 7.74. The molecule has 0 saturated carbocycles. The Morgan fingerprint density at radius 2 is 2.24 bits per heavy atom. The zero-order valence-corrected chi connectivity index (χ0v) is 9.01. The SMILES string of the molecule is CC(O)(CC(N)=O)c1cc([N+](=O)[O-])ccc1F. The van der Waals surface area contributed by atoms with Crippen LogP contribution in [0.3, 0.4) is 0 Å². The second kappa shape index (κ2) is 4.46. The lowest BCUT2D eigenvalue weighted by Crippen LogP contribution is -2.29. The third-order valence-electron chi connectivity index (χ3n) is 2.26. The summed E-state index contributed by atoms with van der Waals surface area (Å²) in [6.45, 7) is 1.17. The molecule has 0 bridgehead atoms. The normalized spacial score (nSPS) is 14.1. The van der Waals surface area contributed by atoms with Gasteiger partial charge in [0.25, 0.3) is 5.69 Å². The highest BCUT2D eigenvalue weighted by atomic mass is 19.1. The maximum absolute atomic E-state index is 13.4. The summed E-state index contributed by atoms with van der Waals surface area (Å²) in [6.07, 6.45) is -0.523. The smallest absolute Gasteiger partial charge is 0.270 e. The third kappa shape index (κ3) is 2.97. The number of nitrogens with zero attached hydrogens (tertiary/aromatic N) is 1. The molecule has 1 atom stereocenters. The Balaban J connectivity index is 3.24. The van der Waals surface area contributed by atoms with Crippen LogP contribution in [0.2, 0.25) is 0 Å². The number of benzene rings is 1. The lowest BCUT2D eigenvalue weighted by molar-refractivity contribution is -0.385. The van der Waals surface area contributed by atoms with Gasteiger partial charge in [-0.05, 0) is 13.0 Å². The van der Waals surface area contributed by atoms with Crippen molar-refractivity contribution in [2.24, 2.45) is 5.73 Å². The number of carbonyl (C=O) groups is 1. The Labute approximate surface area is 96.0 Å². The van der Waals surface area contributed by atoms with Gasteiger partial charge in [0.2, 0.25) is 5.91 Å². The van der Waals surface area contributed by atoms with Gasteiger partial charge in [0.05, 0.1) is 16.9 Å². The van der Waals surface area contributed by atoms with Crippen molar-refractivity contribution in [2.75, 3.05) is 0 Å². The maximum atomic E-state index is 13.4. The van der Waals surface area contributed by atoms with Crippen LogP contribution >= 0.6 is 0 Å². The summed E-state index contributed by atoms with van der Waals surface area (Å²) in [4.78, 5) is 20.5. The average molecular weight is 242 g/mol. The molecule has 0 heterocycles. The Morgan fingerprint density at radius 1 is 1.65 bits per heavy atom. The summed E-state index contributed by atoms with van der Waals surface area (Å²) >= 11 is 0. The first-order valence-corrected chi connectivity index (χ1v) is 4.69. The molecule has 3 N–H and O–H groups in total. The van der Waals surface area contributed by atoms with Gasteiger partial charge in [0.15, 0.2) is 0 Å². The van der Waals surface area contributed by atoms with Crippen molar-refractivity contribution >= 4 is 11.6 Å². The van der Waals surface area contributed by atoms with Gasteiger partial charge in [-0.1, -0.05) is 0 Å². The molecule has 0 aliphatic carbocycles. The minimum atomic E-state index is -1.87. The summed E-state index contributed by atoms with van der Waals surface area (Å²) in [5.41, 5.74) is 2.34. The van der Waals surface area contributed by atoms with Crippen LogP contribution in [0.15, 0.2) is 18.2 Å². The van der Waals surface area contributed by atoms with Crippen LogP contribution in [-0.4, -0.2) is 15.9 Å². The van der Waals surface area contributed by atoms with Crippen molar-refractivity contribution in [3.05, 3.63) is 39.7 Å². The quantitative estimate of drug-likeness (QED) is 0.601. The number of nitrogens with two attached hydrogens (primary N) is 1. The van der Waals surface area contributed by atoms with E-state index in [0.29, 0.717) is 0 Å². The predicted octanol–water partition coefficient (Wildman–Crippen LogP) is 0.817. The topological polar surface area (TPSA) is 106 Å². The van der Waals surface area contributed by atoms with Gasteiger partial charge in [0, 0.05) is 17.7 Å². The van der Waals surface area contributed by atoms with Gasteiger partial charge in [-0.25, -0.2) is 4.39 Å². The lowest BCUT2D eigenvalue weighted by atomic mass is 9.91. The molecule has 1 amide bonds. The van der Waals surface area contributed by atoms with Gasteiger partial charge in [-0.3, -0.25) is 14.9 Å². The number of nitro groups is 1. The Morgan fingerprint density at radius 3 is 2.71 bits per heavy atom. The predicted molar refractivity (Wildman–Crippen MR) is 56.4 cm³/mol. The van der Waals surface area contributed by atoms with Gasteiger partial charge >= 0.3 is 0 Å². The Kier molecular flexibility index (Phi) is 3.42. The third-order valence-corrected chi connectivity index (χ3v) is 2.26. The van der Waals surface area contributed by atoms with E-state index in [9.17, 15) is 24.4 Å². The number of amides is 1. The van der Waals surface area contributed by atoms with Gasteiger partial charge in [0.1, 0.15) is 5.82 Å². The maximum Gasteiger partial charge on any atom is 0.270 e. The molecule has 0 aromatic heterocycles. The Bertz CT molecular complexity index is 473. The molecule has 0 saturated heterocycles. The van der Waals surface area contributed by atoms with Gasteiger partial charge < -0.3 is 10.8 Å². The molecule has 1 aromatic carbocycles. The zero-order chi connectivity index (χ0) is 13.2. The van der Waals surface area contributed by atoms with Crippen LogP contribution in [0.5, 0.6) is 0 Å². The number of primary amides is 1. The highest BCUT2D eigenvalue weighted by molar-refractivity contribution is 5.75. The second-order valence-corrected chi connectivity index (χ2v) is 3.84. The number of aliphatic hydroxyl groups is 1. The first kappa shape index (κ1) is 13.0. The van der Waals surface area contributed by atoms with Crippen molar-refractivity contribution in [3.63, 3.8) is 0 Å². The van der Waals surface area contributed by atoms with Crippen molar-refractivity contribution in [1.82, 2.24) is 0 Å². The van der Waals surface area contributed by atoms with Crippen LogP contribution in [0.25, 0.3) is 0 Å². The molecular formula is C10H11FN2O4. The van der Waals surface area contributed by atoms with Crippen molar-refractivity contribution in [1.29, 1.82) is 0 Å². The van der Waals surface area contributed by atoms with Crippen LogP contribution < -0.4 is 5.73 Å². The highest BCUT2D eigenvalue weighted by Crippen LogP contribution is 2.29. The number of nitro benzene ring substituents is 1. The molecule has 1 unspecified atom stereocenters. The fourth-order valence-electron chi connectivity index (χ4n) is 1.47. The first-order valence-electron chi connectivity index (χ1n) is 4.69. The number of non-ortho nitro benzene ring substituents is 1. The molecule has 6 nitrogen and oxygen atoms in total. The lowest BCUT2D eigenvalue weighted by Gasteiger charge is -2.22. The highest BCUT2D eigenvalue weighted by Gasteiger charge is 2.30. The van der Waals surface area contributed by atoms with E-state index in [4.69, 9.17) is 5.73 Å². The fourth-order valence-corrected chi connectivity index (χ4v) is 1.47. The molecule has 0 radical (unpaired) electrons. The van der Waals surface area contributed by atoms with Gasteiger partial charge in [-0.2, -0.15) is 0 Å². The van der Waals surface area contributed by atoms with Gasteiger partial charge in [-0.15, -0.1) is 0 Å². The molecule has 0 aliphatic rings. The second-order valence-electron chi connectivity index (χ2n) is 3.84. The number of carbonyl (C=O) groups excluding carboxylic acids is 1. The Hall–Kier alpha value is -2.02. The van der Waals surface area contributed by atoms with E-state index in [2.05, 4.69) is 0 Å². The standard InChI is InChI=1S/C10H11FN2O4/c1-10(15,5-9(12)14)7-4-6(13(16)17)2-3-8(7)11/h2-4,15H,5H2,1H3,(H2,12,14). The molecule has 17 heavy (non-hydrogen) atoms. The summed E-state index contributed by atoms with van der Waals surface area (Å²) < 4.78 is 13.4. The molecule has 0 fully saturated rings. The van der Waals surface area contributed by atoms with Crippen LogP contribution in [-0.2, 0) is 10.4 Å². The van der Waals surface area contributed by atoms with Crippen LogP contribution in [0.1, 0.15) is 18.9 Å². The van der Waals surface area contributed by atoms with Crippen molar-refractivity contribution in [2.45, 2.75) is 18.9 Å². The van der Waals surface area contributed by atoms with Crippen LogP contribution in [0, 0.1) is 15.9 Å². The minimum Gasteiger partial charge on any atom is -0.385 e. The molecule has 1 aromatic rings. The summed E-state index contributed by atoms with van der Waals surface area (Å²) in [7, 11) is 0. The molecular weight excluding hydrogens is 231 g/mol. The van der Waals surface area contributed by atoms with E-state index in [1.807, 2.05) is 0 Å². The molecule has 0 spiro atoms. The zero-order valence-electron chi connectivity index (χ0n) is 9.01. The van der Waals surface area contributed by atoms with Crippen LogP contribution in [0.4, 0.5) is 10.1 Å². The van der Waals surface area contributed by atoms with E-state index >= 15 is 0 Å². The average Bonchev–Trinajstić information content (AvgIpc) is 2.15. The number of hydrogen-bond donors (Lipinski definition) is 2. The fraction of sp³-hybridized carbons (Fsp3) is 0.300. The molecule has 0 aliphatic heterocycles. The monoisotopic (exact) mass is 242 g/mol. The van der Waals surface area contributed by atoms with E-state index in [1.165, 1.54) is 6.92 Å². The largest absolute Gasteiger partial charge is 0.385 e. The molecule has 7 heteroatoms. The van der Waals surface area contributed by atoms with E-state index < -0.39 is 28.7 Å². The minimum absolute atomic E-state index is 0.328. The van der Waals surface area contributed by atoms with E-state index in [1.54, 1.807) is 0 Å². The molecule has 92 valence electrons. The number of hydrogen-bond acceptors (Lipinski definition) is 4. The van der Waals surface area contributed by atoms with Crippen molar-refractivity contribution in [3.8, 4) is 0 Å². The summed E-state index contributed by atoms with van der Waals surface area (Å²) in [5, 5.41) is 20.4. The summed E-state index contributed by atoms with van der Waals surface area (Å²) in [6, 6.07) is 2.72. The van der Waals surface area contributed by atoms with E-state index in [0.717, 1.165) is 18.2 Å². The number of rotatable bonds is 4. The summed E-state index contributed by atoms with van der Waals surface area (Å²) in [5.74, 6) is -1.66. The van der Waals surface area contributed by atoms with E-state index in [-0.39, 0.29) is 11.3 Å². The molecule has 1 rings (SSSR count). The van der Waals surface area contributed by atoms with Crippen molar-refractivity contribution < 1.29 is 19.2 Å².